The second-order valence-corrected chi connectivity index (χ2v) is 13.8. The summed E-state index contributed by atoms with van der Waals surface area (Å²) < 4.78 is 0. The summed E-state index contributed by atoms with van der Waals surface area (Å²) in [6, 6.07) is 1.58. The quantitative estimate of drug-likeness (QED) is 0.0333. The fraction of sp³-hybridized carbons (Fsp3) is 0.615. The van der Waals surface area contributed by atoms with Crippen LogP contribution in [0, 0.1) is 0 Å². The second kappa shape index (κ2) is 21.5. The van der Waals surface area contributed by atoms with Crippen LogP contribution in [0.25, 0.3) is 21.5 Å². The van der Waals surface area contributed by atoms with Crippen LogP contribution >= 0.6 is 11.6 Å². The number of carbonyl (C=O) groups is 2. The molecular weight excluding hydrogens is 654 g/mol. The van der Waals surface area contributed by atoms with Crippen LogP contribution in [0.4, 0.5) is 5.69 Å². The lowest BCUT2D eigenvalue weighted by atomic mass is 9.89. The number of carboxylic acids is 1. The van der Waals surface area contributed by atoms with Crippen molar-refractivity contribution >= 4 is 56.5 Å². The third-order valence-corrected chi connectivity index (χ3v) is 9.75. The Morgan fingerprint density at radius 2 is 1.26 bits per heavy atom. The molecule has 0 radical (unpaired) electrons. The molecular formula is C39H58ClN5O5. The van der Waals surface area contributed by atoms with Crippen LogP contribution in [0.3, 0.4) is 0 Å². The average molecular weight is 712 g/mol. The van der Waals surface area contributed by atoms with Crippen molar-refractivity contribution in [1.29, 1.82) is 0 Å². The van der Waals surface area contributed by atoms with Crippen LogP contribution < -0.4 is 27.5 Å². The maximum atomic E-state index is 14.0. The van der Waals surface area contributed by atoms with Gasteiger partial charge in [0.05, 0.1) is 26.9 Å². The number of hydrogen-bond donors (Lipinski definition) is 5. The molecule has 10 nitrogen and oxygen atoms in total. The van der Waals surface area contributed by atoms with Crippen LogP contribution in [-0.2, 0) is 0 Å². The van der Waals surface area contributed by atoms with Gasteiger partial charge in [0.2, 0.25) is 0 Å². The van der Waals surface area contributed by atoms with E-state index in [1.807, 2.05) is 0 Å². The van der Waals surface area contributed by atoms with Gasteiger partial charge in [0.25, 0.3) is 17.0 Å². The van der Waals surface area contributed by atoms with E-state index in [0.29, 0.717) is 31.7 Å². The molecule has 2 aromatic heterocycles. The number of amidine groups is 1. The van der Waals surface area contributed by atoms with Gasteiger partial charge in [0, 0.05) is 41.7 Å². The first kappa shape index (κ1) is 40.8. The Kier molecular flexibility index (Phi) is 17.6. The predicted molar refractivity (Wildman–Crippen MR) is 208 cm³/mol. The summed E-state index contributed by atoms with van der Waals surface area (Å²) in [5.41, 5.74) is 4.80. The topological polar surface area (TPSA) is 167 Å². The number of rotatable bonds is 25. The maximum absolute atomic E-state index is 14.0. The van der Waals surface area contributed by atoms with Crippen molar-refractivity contribution < 1.29 is 14.7 Å². The summed E-state index contributed by atoms with van der Waals surface area (Å²) in [5, 5.41) is 16.7. The molecule has 0 spiro atoms. The van der Waals surface area contributed by atoms with Crippen molar-refractivity contribution in [2.45, 2.75) is 136 Å². The second-order valence-electron chi connectivity index (χ2n) is 13.4. The fourth-order valence-corrected chi connectivity index (χ4v) is 6.98. The molecule has 0 unspecified atom stereocenters. The van der Waals surface area contributed by atoms with Gasteiger partial charge in [-0.25, -0.2) is 4.79 Å². The summed E-state index contributed by atoms with van der Waals surface area (Å²) in [5.74, 6) is -2.17. The van der Waals surface area contributed by atoms with Gasteiger partial charge >= 0.3 is 5.97 Å². The van der Waals surface area contributed by atoms with E-state index in [4.69, 9.17) is 17.3 Å². The molecule has 1 amide bonds. The van der Waals surface area contributed by atoms with Gasteiger partial charge in [0.1, 0.15) is 5.84 Å². The van der Waals surface area contributed by atoms with Gasteiger partial charge in [-0.05, 0) is 25.3 Å². The zero-order valence-corrected chi connectivity index (χ0v) is 31.2. The highest BCUT2D eigenvalue weighted by Crippen LogP contribution is 2.40. The summed E-state index contributed by atoms with van der Waals surface area (Å²) in [7, 11) is 0. The van der Waals surface area contributed by atoms with Crippen LogP contribution in [0.1, 0.15) is 163 Å². The molecule has 50 heavy (non-hydrogen) atoms. The zero-order chi connectivity index (χ0) is 36.5. The van der Waals surface area contributed by atoms with E-state index in [1.165, 1.54) is 12.8 Å². The van der Waals surface area contributed by atoms with E-state index >= 15 is 0 Å². The molecule has 0 atom stereocenters. The Hall–Kier alpha value is -3.66. The number of aliphatic imine (C=N–C) groups is 1. The third kappa shape index (κ3) is 10.9. The number of nitrogens with zero attached hydrogens (tertiary/aromatic N) is 1. The predicted octanol–water partition coefficient (Wildman–Crippen LogP) is 8.76. The number of anilines is 1. The SMILES string of the molecule is CCCCCCCCN=C(N)c1c(Cl)c(C(=O)O)c(C(=O)NCCCCCCCC)c2c3c(NCCCCCCCC)cc(c(=O)[nH]c3=O)c12. The van der Waals surface area contributed by atoms with E-state index in [-0.39, 0.29) is 43.5 Å². The van der Waals surface area contributed by atoms with Crippen LogP contribution in [0.15, 0.2) is 20.6 Å². The molecule has 0 saturated carbocycles. The molecule has 2 bridgehead atoms. The highest BCUT2D eigenvalue weighted by molar-refractivity contribution is 6.42. The first-order chi connectivity index (χ1) is 24.2. The minimum atomic E-state index is -1.45. The van der Waals surface area contributed by atoms with E-state index in [2.05, 4.69) is 41.4 Å². The normalized spacial score (nSPS) is 11.9. The number of carbonyl (C=O) groups excluding carboxylic acids is 1. The molecule has 0 aliphatic rings. The number of unbranched alkanes of at least 4 members (excludes halogenated alkanes) is 15. The molecule has 2 aromatic carbocycles. The summed E-state index contributed by atoms with van der Waals surface area (Å²) in [6.07, 6.45) is 18.7. The van der Waals surface area contributed by atoms with Crippen molar-refractivity contribution in [2.24, 2.45) is 10.7 Å². The van der Waals surface area contributed by atoms with E-state index < -0.39 is 28.6 Å². The van der Waals surface area contributed by atoms with E-state index in [1.54, 1.807) is 6.07 Å². The van der Waals surface area contributed by atoms with Crippen molar-refractivity contribution in [2.75, 3.05) is 25.0 Å². The Bertz CT molecular complexity index is 1700. The Morgan fingerprint density at radius 1 is 0.720 bits per heavy atom. The van der Waals surface area contributed by atoms with Crippen LogP contribution in [0.2, 0.25) is 5.02 Å². The van der Waals surface area contributed by atoms with Crippen molar-refractivity contribution in [3.8, 4) is 0 Å². The molecule has 2 heterocycles. The molecule has 0 aliphatic carbocycles. The lowest BCUT2D eigenvalue weighted by molar-refractivity contribution is 0.0691. The number of nitrogens with one attached hydrogen (secondary N) is 3. The minimum Gasteiger partial charge on any atom is -0.478 e. The van der Waals surface area contributed by atoms with Gasteiger partial charge in [-0.3, -0.25) is 24.4 Å². The monoisotopic (exact) mass is 711 g/mol. The Balaban J connectivity index is 2.18. The third-order valence-electron chi connectivity index (χ3n) is 9.37. The Labute approximate surface area is 301 Å². The number of benzene rings is 2. The number of aromatic nitrogens is 1. The molecule has 276 valence electrons. The number of fused-ring (bicyclic) bond motifs is 3. The average Bonchev–Trinajstić information content (AvgIpc) is 3.27. The molecule has 4 rings (SSSR count). The fourth-order valence-electron chi connectivity index (χ4n) is 6.61. The number of aromatic amines is 1. The largest absolute Gasteiger partial charge is 0.478 e. The standard InChI is InChI=1S/C39H58ClN5O5/c1-4-7-10-13-16-19-22-42-27-25-26-28-30(29(27)38(48)45-36(26)46)31(37(47)44-24-21-18-15-12-9-6-3)33(39(49)50)34(40)32(28)35(41)43-23-20-17-14-11-8-5-2/h25,42H,4-24H2,1-3H3,(H2,41,43)(H,44,47)(H,49,50)(H,45,46,48). The number of aromatic carboxylic acids is 1. The molecule has 11 heteroatoms. The van der Waals surface area contributed by atoms with Crippen molar-refractivity contribution in [1.82, 2.24) is 10.3 Å². The first-order valence-corrected chi connectivity index (χ1v) is 19.3. The maximum Gasteiger partial charge on any atom is 0.338 e. The van der Waals surface area contributed by atoms with E-state index in [9.17, 15) is 24.3 Å². The lowest BCUT2D eigenvalue weighted by Gasteiger charge is -2.19. The molecule has 0 fully saturated rings. The van der Waals surface area contributed by atoms with Crippen molar-refractivity contribution in [3.05, 3.63) is 48.5 Å². The number of nitrogens with two attached hydrogens (primary N) is 1. The summed E-state index contributed by atoms with van der Waals surface area (Å²) in [6.45, 7) is 7.70. The number of H-pyrrole nitrogens is 1. The molecule has 0 saturated heterocycles. The zero-order valence-electron chi connectivity index (χ0n) is 30.4. The van der Waals surface area contributed by atoms with Gasteiger partial charge < -0.3 is 21.5 Å². The van der Waals surface area contributed by atoms with Crippen LogP contribution in [0.5, 0.6) is 0 Å². The number of halogens is 1. The summed E-state index contributed by atoms with van der Waals surface area (Å²) in [4.78, 5) is 61.3. The van der Waals surface area contributed by atoms with Crippen LogP contribution in [-0.4, -0.2) is 47.4 Å². The highest BCUT2D eigenvalue weighted by Gasteiger charge is 2.32. The van der Waals surface area contributed by atoms with E-state index in [0.717, 1.165) is 96.3 Å². The van der Waals surface area contributed by atoms with Gasteiger partial charge in [-0.15, -0.1) is 0 Å². The van der Waals surface area contributed by atoms with Crippen molar-refractivity contribution in [3.63, 3.8) is 0 Å². The Morgan fingerprint density at radius 3 is 1.84 bits per heavy atom. The van der Waals surface area contributed by atoms with Gasteiger partial charge in [-0.2, -0.15) is 0 Å². The highest BCUT2D eigenvalue weighted by atomic mass is 35.5. The number of hydrogen-bond acceptors (Lipinski definition) is 6. The molecule has 6 N–H and O–H groups in total. The van der Waals surface area contributed by atoms with Gasteiger partial charge in [0.15, 0.2) is 0 Å². The smallest absolute Gasteiger partial charge is 0.338 e. The minimum absolute atomic E-state index is 0.00874. The number of amides is 1. The first-order valence-electron chi connectivity index (χ1n) is 19.0. The summed E-state index contributed by atoms with van der Waals surface area (Å²) >= 11 is 6.88. The molecule has 0 aliphatic heterocycles. The lowest BCUT2D eigenvalue weighted by Crippen LogP contribution is -2.28. The molecule has 4 aromatic rings. The number of carboxylic acid groups (broad SMARTS) is 1. The van der Waals surface area contributed by atoms with Gasteiger partial charge in [-0.1, -0.05) is 129 Å².